The van der Waals surface area contributed by atoms with E-state index in [1.54, 1.807) is 31.2 Å². The zero-order chi connectivity index (χ0) is 16.2. The first kappa shape index (κ1) is 14.3. The van der Waals surface area contributed by atoms with Crippen LogP contribution in [0, 0.1) is 17.3 Å². The largest absolute Gasteiger partial charge is 0.293 e. The van der Waals surface area contributed by atoms with Crippen LogP contribution in [-0.4, -0.2) is 23.2 Å². The average Bonchev–Trinajstić information content (AvgIpc) is 3.24. The third-order valence-electron chi connectivity index (χ3n) is 5.60. The predicted octanol–water partition coefficient (Wildman–Crippen LogP) is 2.36. The van der Waals surface area contributed by atoms with Crippen LogP contribution in [-0.2, 0) is 4.79 Å². The lowest BCUT2D eigenvalue weighted by Crippen LogP contribution is -2.30. The first-order valence-electron chi connectivity index (χ1n) is 8.05. The van der Waals surface area contributed by atoms with Gasteiger partial charge in [-0.3, -0.25) is 14.4 Å². The average molecular weight is 310 g/mol. The third kappa shape index (κ3) is 2.06. The van der Waals surface area contributed by atoms with Crippen molar-refractivity contribution in [2.45, 2.75) is 32.6 Å². The minimum absolute atomic E-state index is 0.0555. The second-order valence-electron chi connectivity index (χ2n) is 6.91. The zero-order valence-corrected chi connectivity index (χ0v) is 13.0. The molecule has 1 N–H and O–H groups in total. The number of Topliss-reactive ketones (excluding diaryl/α,β-unsaturated/α-hetero) is 2. The minimum atomic E-state index is -0.899. The standard InChI is InChI=1S/C18H18N2O3/c1-10(19-20-17(23)13-9-18(13)7-4-8-18)14-15(21)11-5-2-3-6-12(11)16(14)22/h2-3,5-6,13-14H,4,7-9H2,1H3,(H,20,23)/t13-/m1/s1. The maximum absolute atomic E-state index is 12.4. The maximum Gasteiger partial charge on any atom is 0.243 e. The van der Waals surface area contributed by atoms with Crippen LogP contribution >= 0.6 is 0 Å². The van der Waals surface area contributed by atoms with Crippen molar-refractivity contribution in [2.75, 3.05) is 0 Å². The Morgan fingerprint density at radius 2 is 1.78 bits per heavy atom. The number of benzene rings is 1. The smallest absolute Gasteiger partial charge is 0.243 e. The Balaban J connectivity index is 1.47. The summed E-state index contributed by atoms with van der Waals surface area (Å²) in [5, 5.41) is 4.05. The number of carbonyl (C=O) groups is 3. The summed E-state index contributed by atoms with van der Waals surface area (Å²) in [5.41, 5.74) is 4.04. The third-order valence-corrected chi connectivity index (χ3v) is 5.60. The van der Waals surface area contributed by atoms with Gasteiger partial charge in [-0.15, -0.1) is 0 Å². The van der Waals surface area contributed by atoms with Gasteiger partial charge in [-0.05, 0) is 31.6 Å². The molecule has 0 radical (unpaired) electrons. The SMILES string of the molecule is CC(=NNC(=O)[C@H]1CC12CCC2)C1C(=O)c2ccccc2C1=O. The molecule has 1 atom stereocenters. The van der Waals surface area contributed by atoms with Gasteiger partial charge < -0.3 is 0 Å². The molecule has 3 aliphatic carbocycles. The van der Waals surface area contributed by atoms with Crippen molar-refractivity contribution in [3.63, 3.8) is 0 Å². The molecule has 2 saturated carbocycles. The summed E-state index contributed by atoms with van der Waals surface area (Å²) >= 11 is 0. The second kappa shape index (κ2) is 4.85. The molecule has 23 heavy (non-hydrogen) atoms. The molecule has 118 valence electrons. The fraction of sp³-hybridized carbons (Fsp3) is 0.444. The lowest BCUT2D eigenvalue weighted by atomic mass is 9.80. The topological polar surface area (TPSA) is 75.6 Å². The van der Waals surface area contributed by atoms with Gasteiger partial charge in [0.2, 0.25) is 5.91 Å². The highest BCUT2D eigenvalue weighted by Gasteiger charge is 2.61. The predicted molar refractivity (Wildman–Crippen MR) is 84.2 cm³/mol. The molecule has 2 fully saturated rings. The van der Waals surface area contributed by atoms with Crippen LogP contribution in [0.15, 0.2) is 29.4 Å². The van der Waals surface area contributed by atoms with Crippen molar-refractivity contribution < 1.29 is 14.4 Å². The lowest BCUT2D eigenvalue weighted by molar-refractivity contribution is -0.123. The van der Waals surface area contributed by atoms with Crippen molar-refractivity contribution in [1.82, 2.24) is 5.43 Å². The monoisotopic (exact) mass is 310 g/mol. The van der Waals surface area contributed by atoms with Crippen LogP contribution in [0.3, 0.4) is 0 Å². The number of hydrazone groups is 1. The molecular formula is C18H18N2O3. The van der Waals surface area contributed by atoms with Crippen molar-refractivity contribution in [1.29, 1.82) is 0 Å². The number of nitrogens with one attached hydrogen (secondary N) is 1. The number of carbonyl (C=O) groups excluding carboxylic acids is 3. The van der Waals surface area contributed by atoms with Crippen molar-refractivity contribution >= 4 is 23.2 Å². The summed E-state index contributed by atoms with van der Waals surface area (Å²) in [4.78, 5) is 36.9. The van der Waals surface area contributed by atoms with E-state index in [1.165, 1.54) is 6.42 Å². The first-order chi connectivity index (χ1) is 11.0. The molecule has 0 aromatic heterocycles. The van der Waals surface area contributed by atoms with Crippen LogP contribution in [0.4, 0.5) is 0 Å². The van der Waals surface area contributed by atoms with E-state index < -0.39 is 5.92 Å². The summed E-state index contributed by atoms with van der Waals surface area (Å²) < 4.78 is 0. The Hall–Kier alpha value is -2.30. The van der Waals surface area contributed by atoms with E-state index >= 15 is 0 Å². The van der Waals surface area contributed by atoms with Gasteiger partial charge >= 0.3 is 0 Å². The minimum Gasteiger partial charge on any atom is -0.293 e. The van der Waals surface area contributed by atoms with E-state index in [-0.39, 0.29) is 28.8 Å². The number of hydrogen-bond donors (Lipinski definition) is 1. The normalized spacial score (nSPS) is 25.3. The molecule has 0 aliphatic heterocycles. The number of ketones is 2. The molecule has 0 saturated heterocycles. The van der Waals surface area contributed by atoms with E-state index in [2.05, 4.69) is 10.5 Å². The second-order valence-corrected chi connectivity index (χ2v) is 6.91. The van der Waals surface area contributed by atoms with Crippen LogP contribution in [0.1, 0.15) is 53.3 Å². The highest BCUT2D eigenvalue weighted by Crippen LogP contribution is 2.65. The molecule has 1 aromatic rings. The highest BCUT2D eigenvalue weighted by molar-refractivity contribution is 6.36. The Labute approximate surface area is 134 Å². The summed E-state index contributed by atoms with van der Waals surface area (Å²) in [6.45, 7) is 1.62. The van der Waals surface area contributed by atoms with E-state index in [9.17, 15) is 14.4 Å². The molecule has 1 amide bonds. The molecule has 0 heterocycles. The number of hydrogen-bond acceptors (Lipinski definition) is 4. The van der Waals surface area contributed by atoms with Crippen molar-refractivity contribution in [2.24, 2.45) is 22.4 Å². The Kier molecular flexibility index (Phi) is 3.01. The van der Waals surface area contributed by atoms with Gasteiger partial charge in [-0.2, -0.15) is 5.10 Å². The fourth-order valence-electron chi connectivity index (χ4n) is 3.91. The molecule has 0 unspecified atom stereocenters. The van der Waals surface area contributed by atoms with E-state index in [1.807, 2.05) is 0 Å². The lowest BCUT2D eigenvalue weighted by Gasteiger charge is -2.25. The van der Waals surface area contributed by atoms with Gasteiger partial charge in [0, 0.05) is 17.0 Å². The van der Waals surface area contributed by atoms with Gasteiger partial charge in [-0.25, -0.2) is 5.43 Å². The van der Waals surface area contributed by atoms with Crippen LogP contribution in [0.2, 0.25) is 0 Å². The van der Waals surface area contributed by atoms with Crippen molar-refractivity contribution in [3.05, 3.63) is 35.4 Å². The molecule has 5 heteroatoms. The molecule has 3 aliphatic rings. The molecule has 0 bridgehead atoms. The number of nitrogens with zero attached hydrogens (tertiary/aromatic N) is 1. The van der Waals surface area contributed by atoms with Crippen LogP contribution in [0.25, 0.3) is 0 Å². The number of amides is 1. The summed E-state index contributed by atoms with van der Waals surface area (Å²) in [6.07, 6.45) is 4.40. The Morgan fingerprint density at radius 1 is 1.17 bits per heavy atom. The molecular weight excluding hydrogens is 292 g/mol. The van der Waals surface area contributed by atoms with Crippen molar-refractivity contribution in [3.8, 4) is 0 Å². The fourth-order valence-corrected chi connectivity index (χ4v) is 3.91. The van der Waals surface area contributed by atoms with Gasteiger partial charge in [0.15, 0.2) is 11.6 Å². The van der Waals surface area contributed by atoms with E-state index in [0.717, 1.165) is 19.3 Å². The number of rotatable bonds is 3. The summed E-state index contributed by atoms with van der Waals surface area (Å²) in [6, 6.07) is 6.80. The van der Waals surface area contributed by atoms with Gasteiger partial charge in [0.1, 0.15) is 5.92 Å². The summed E-state index contributed by atoms with van der Waals surface area (Å²) in [7, 11) is 0. The van der Waals surface area contributed by atoms with E-state index in [0.29, 0.717) is 16.8 Å². The first-order valence-corrected chi connectivity index (χ1v) is 8.05. The Morgan fingerprint density at radius 3 is 2.26 bits per heavy atom. The molecule has 1 spiro atoms. The molecule has 4 rings (SSSR count). The molecule has 1 aromatic carbocycles. The van der Waals surface area contributed by atoms with E-state index in [4.69, 9.17) is 0 Å². The van der Waals surface area contributed by atoms with Crippen LogP contribution in [0.5, 0.6) is 0 Å². The Bertz CT molecular complexity index is 726. The maximum atomic E-state index is 12.4. The van der Waals surface area contributed by atoms with Crippen LogP contribution < -0.4 is 5.43 Å². The summed E-state index contributed by atoms with van der Waals surface area (Å²) in [5.74, 6) is -1.39. The quantitative estimate of drug-likeness (QED) is 0.529. The van der Waals surface area contributed by atoms with Gasteiger partial charge in [0.05, 0.1) is 5.71 Å². The van der Waals surface area contributed by atoms with Gasteiger partial charge in [0.25, 0.3) is 0 Å². The zero-order valence-electron chi connectivity index (χ0n) is 13.0. The molecule has 5 nitrogen and oxygen atoms in total. The van der Waals surface area contributed by atoms with Gasteiger partial charge in [-0.1, -0.05) is 30.7 Å². The highest BCUT2D eigenvalue weighted by atomic mass is 16.2. The number of fused-ring (bicyclic) bond motifs is 1.